The number of hydrogen-bond donors (Lipinski definition) is 0. The standard InChI is InChI=1S/C11H14FNO3/c1-8(2)5-6-16-9-3-4-11(13(14)15)10(12)7-9/h3-4,7-8H,5-6H2,1-2H3. The SMILES string of the molecule is CC(C)CCOc1ccc([N+](=O)[O-])c(F)c1. The van der Waals surface area contributed by atoms with Crippen molar-refractivity contribution in [3.63, 3.8) is 0 Å². The molecule has 0 N–H and O–H groups in total. The third kappa shape index (κ3) is 3.49. The molecular weight excluding hydrogens is 213 g/mol. The molecule has 16 heavy (non-hydrogen) atoms. The summed E-state index contributed by atoms with van der Waals surface area (Å²) in [7, 11) is 0. The van der Waals surface area contributed by atoms with E-state index in [1.807, 2.05) is 0 Å². The predicted molar refractivity (Wildman–Crippen MR) is 58.0 cm³/mol. The average molecular weight is 227 g/mol. The molecular formula is C11H14FNO3. The average Bonchev–Trinajstić information content (AvgIpc) is 2.16. The molecule has 0 aliphatic rings. The molecule has 0 unspecified atom stereocenters. The van der Waals surface area contributed by atoms with Crippen LogP contribution < -0.4 is 4.74 Å². The van der Waals surface area contributed by atoms with Crippen LogP contribution in [0.15, 0.2) is 18.2 Å². The van der Waals surface area contributed by atoms with Gasteiger partial charge in [0.15, 0.2) is 0 Å². The Balaban J connectivity index is 2.63. The summed E-state index contributed by atoms with van der Waals surface area (Å²) in [4.78, 5) is 9.60. The number of nitro benzene ring substituents is 1. The fraction of sp³-hybridized carbons (Fsp3) is 0.455. The van der Waals surface area contributed by atoms with E-state index >= 15 is 0 Å². The van der Waals surface area contributed by atoms with Crippen molar-refractivity contribution in [2.24, 2.45) is 5.92 Å². The van der Waals surface area contributed by atoms with Crippen LogP contribution in [0.1, 0.15) is 20.3 Å². The van der Waals surface area contributed by atoms with E-state index in [1.54, 1.807) is 0 Å². The van der Waals surface area contributed by atoms with Gasteiger partial charge in [0.1, 0.15) is 5.75 Å². The summed E-state index contributed by atoms with van der Waals surface area (Å²) in [6.07, 6.45) is 0.860. The number of ether oxygens (including phenoxy) is 1. The van der Waals surface area contributed by atoms with E-state index < -0.39 is 16.4 Å². The lowest BCUT2D eigenvalue weighted by Gasteiger charge is -2.07. The van der Waals surface area contributed by atoms with Crippen molar-refractivity contribution in [3.8, 4) is 5.75 Å². The summed E-state index contributed by atoms with van der Waals surface area (Å²) in [5.74, 6) is -0.0429. The lowest BCUT2D eigenvalue weighted by atomic mass is 10.1. The van der Waals surface area contributed by atoms with Crippen LogP contribution in [0.4, 0.5) is 10.1 Å². The Morgan fingerprint density at radius 3 is 2.69 bits per heavy atom. The highest BCUT2D eigenvalue weighted by atomic mass is 19.1. The lowest BCUT2D eigenvalue weighted by molar-refractivity contribution is -0.387. The van der Waals surface area contributed by atoms with Crippen molar-refractivity contribution < 1.29 is 14.1 Å². The molecule has 0 amide bonds. The van der Waals surface area contributed by atoms with Gasteiger partial charge in [-0.1, -0.05) is 13.8 Å². The lowest BCUT2D eigenvalue weighted by Crippen LogP contribution is -2.02. The minimum Gasteiger partial charge on any atom is -0.493 e. The van der Waals surface area contributed by atoms with Gasteiger partial charge in [0, 0.05) is 12.1 Å². The van der Waals surface area contributed by atoms with Gasteiger partial charge in [-0.05, 0) is 18.4 Å². The third-order valence-electron chi connectivity index (χ3n) is 2.08. The van der Waals surface area contributed by atoms with Gasteiger partial charge < -0.3 is 4.74 Å². The van der Waals surface area contributed by atoms with Crippen molar-refractivity contribution in [1.29, 1.82) is 0 Å². The minimum absolute atomic E-state index is 0.323. The highest BCUT2D eigenvalue weighted by molar-refractivity contribution is 5.37. The summed E-state index contributed by atoms with van der Waals surface area (Å²) in [5, 5.41) is 10.4. The number of nitro groups is 1. The Kier molecular flexibility index (Phi) is 4.22. The summed E-state index contributed by atoms with van der Waals surface area (Å²) in [5.41, 5.74) is -0.531. The molecule has 4 nitrogen and oxygen atoms in total. The minimum atomic E-state index is -0.868. The van der Waals surface area contributed by atoms with E-state index in [-0.39, 0.29) is 0 Å². The fourth-order valence-electron chi connectivity index (χ4n) is 1.14. The third-order valence-corrected chi connectivity index (χ3v) is 2.08. The van der Waals surface area contributed by atoms with Crippen molar-refractivity contribution in [3.05, 3.63) is 34.1 Å². The van der Waals surface area contributed by atoms with E-state index in [0.29, 0.717) is 18.3 Å². The maximum atomic E-state index is 13.2. The van der Waals surface area contributed by atoms with Crippen LogP contribution in [0.5, 0.6) is 5.75 Å². The van der Waals surface area contributed by atoms with Crippen LogP contribution in [0.3, 0.4) is 0 Å². The Morgan fingerprint density at radius 2 is 2.19 bits per heavy atom. The van der Waals surface area contributed by atoms with Gasteiger partial charge in [-0.2, -0.15) is 4.39 Å². The molecule has 5 heteroatoms. The van der Waals surface area contributed by atoms with E-state index in [9.17, 15) is 14.5 Å². The van der Waals surface area contributed by atoms with Gasteiger partial charge in [0.05, 0.1) is 11.5 Å². The molecule has 0 saturated heterocycles. The predicted octanol–water partition coefficient (Wildman–Crippen LogP) is 3.16. The Labute approximate surface area is 93.2 Å². The van der Waals surface area contributed by atoms with Crippen molar-refractivity contribution in [2.75, 3.05) is 6.61 Å². The Bertz CT molecular complexity index is 379. The second kappa shape index (κ2) is 5.44. The second-order valence-corrected chi connectivity index (χ2v) is 3.90. The highest BCUT2D eigenvalue weighted by Crippen LogP contribution is 2.22. The summed E-state index contributed by atoms with van der Waals surface area (Å²) >= 11 is 0. The second-order valence-electron chi connectivity index (χ2n) is 3.90. The van der Waals surface area contributed by atoms with Crippen LogP contribution in [0.2, 0.25) is 0 Å². The van der Waals surface area contributed by atoms with Crippen LogP contribution in [0.25, 0.3) is 0 Å². The first-order valence-corrected chi connectivity index (χ1v) is 5.07. The Hall–Kier alpha value is -1.65. The largest absolute Gasteiger partial charge is 0.493 e. The molecule has 0 aliphatic carbocycles. The van der Waals surface area contributed by atoms with Gasteiger partial charge in [-0.25, -0.2) is 0 Å². The zero-order valence-corrected chi connectivity index (χ0v) is 9.27. The molecule has 0 radical (unpaired) electrons. The quantitative estimate of drug-likeness (QED) is 0.573. The van der Waals surface area contributed by atoms with Crippen molar-refractivity contribution in [2.45, 2.75) is 20.3 Å². The van der Waals surface area contributed by atoms with Crippen LogP contribution in [-0.2, 0) is 0 Å². The van der Waals surface area contributed by atoms with E-state index in [4.69, 9.17) is 4.74 Å². The molecule has 0 saturated carbocycles. The van der Waals surface area contributed by atoms with Crippen molar-refractivity contribution in [1.82, 2.24) is 0 Å². The van der Waals surface area contributed by atoms with Crippen molar-refractivity contribution >= 4 is 5.69 Å². The van der Waals surface area contributed by atoms with Gasteiger partial charge >= 0.3 is 5.69 Å². The Morgan fingerprint density at radius 1 is 1.50 bits per heavy atom. The maximum absolute atomic E-state index is 13.2. The molecule has 0 fully saturated rings. The molecule has 0 aliphatic heterocycles. The molecule has 1 rings (SSSR count). The van der Waals surface area contributed by atoms with Gasteiger partial charge in [0.2, 0.25) is 5.82 Å². The smallest absolute Gasteiger partial charge is 0.305 e. The maximum Gasteiger partial charge on any atom is 0.305 e. The van der Waals surface area contributed by atoms with Crippen LogP contribution >= 0.6 is 0 Å². The number of hydrogen-bond acceptors (Lipinski definition) is 3. The van der Waals surface area contributed by atoms with Crippen LogP contribution in [-0.4, -0.2) is 11.5 Å². The first kappa shape index (κ1) is 12.4. The molecule has 88 valence electrons. The first-order valence-electron chi connectivity index (χ1n) is 5.07. The molecule has 0 bridgehead atoms. The number of nitrogens with zero attached hydrogens (tertiary/aromatic N) is 1. The normalized spacial score (nSPS) is 10.5. The summed E-state index contributed by atoms with van der Waals surface area (Å²) < 4.78 is 18.4. The summed E-state index contributed by atoms with van der Waals surface area (Å²) in [6, 6.07) is 3.56. The zero-order valence-electron chi connectivity index (χ0n) is 9.27. The van der Waals surface area contributed by atoms with E-state index in [0.717, 1.165) is 18.6 Å². The fourth-order valence-corrected chi connectivity index (χ4v) is 1.14. The summed E-state index contributed by atoms with van der Waals surface area (Å²) in [6.45, 7) is 4.59. The zero-order chi connectivity index (χ0) is 12.1. The van der Waals surface area contributed by atoms with Gasteiger partial charge in [0.25, 0.3) is 0 Å². The first-order chi connectivity index (χ1) is 7.50. The monoisotopic (exact) mass is 227 g/mol. The molecule has 1 aromatic rings. The molecule has 0 aromatic heterocycles. The van der Waals surface area contributed by atoms with E-state index in [1.165, 1.54) is 6.07 Å². The number of rotatable bonds is 5. The molecule has 1 aromatic carbocycles. The number of benzene rings is 1. The molecule has 0 heterocycles. The van der Waals surface area contributed by atoms with Crippen LogP contribution in [0, 0.1) is 21.8 Å². The number of halogens is 1. The highest BCUT2D eigenvalue weighted by Gasteiger charge is 2.14. The molecule has 0 atom stereocenters. The van der Waals surface area contributed by atoms with E-state index in [2.05, 4.69) is 13.8 Å². The van der Waals surface area contributed by atoms with Gasteiger partial charge in [-0.3, -0.25) is 10.1 Å². The van der Waals surface area contributed by atoms with Gasteiger partial charge in [-0.15, -0.1) is 0 Å². The topological polar surface area (TPSA) is 52.4 Å². The molecule has 0 spiro atoms.